The Morgan fingerprint density at radius 3 is 2.85 bits per heavy atom. The van der Waals surface area contributed by atoms with Crippen LogP contribution in [0.5, 0.6) is 0 Å². The molecule has 68 valence electrons. The van der Waals surface area contributed by atoms with Gasteiger partial charge in [-0.15, -0.1) is 0 Å². The van der Waals surface area contributed by atoms with Crippen molar-refractivity contribution in [3.63, 3.8) is 0 Å². The molecule has 0 aliphatic heterocycles. The maximum Gasteiger partial charge on any atom is 0.224 e. The fraction of sp³-hybridized carbons (Fsp3) is 0.286. The molecule has 13 heavy (non-hydrogen) atoms. The number of aromatic nitrogens is 4. The Labute approximate surface area is 84.5 Å². The number of aryl methyl sites for hydroxylation is 1. The molecular formula is C7H6Cl2N4. The van der Waals surface area contributed by atoms with Crippen molar-refractivity contribution in [2.75, 3.05) is 0 Å². The first-order chi connectivity index (χ1) is 6.22. The Morgan fingerprint density at radius 1 is 1.38 bits per heavy atom. The zero-order chi connectivity index (χ0) is 9.42. The van der Waals surface area contributed by atoms with Gasteiger partial charge in [-0.1, -0.05) is 0 Å². The van der Waals surface area contributed by atoms with Crippen molar-refractivity contribution in [1.29, 1.82) is 0 Å². The van der Waals surface area contributed by atoms with Gasteiger partial charge in [-0.3, -0.25) is 4.57 Å². The molecule has 0 fully saturated rings. The lowest BCUT2D eigenvalue weighted by molar-refractivity contribution is 0.778. The first kappa shape index (κ1) is 8.72. The smallest absolute Gasteiger partial charge is 0.224 e. The molecule has 2 aromatic heterocycles. The Kier molecular flexibility index (Phi) is 2.09. The van der Waals surface area contributed by atoms with E-state index < -0.39 is 0 Å². The molecule has 2 rings (SSSR count). The standard InChI is InChI=1S/C7H6Cl2N4/c1-2-13-5-4(11-7(13)9)3-10-6(8)12-5/h3H,2H2,1H3. The molecule has 0 saturated carbocycles. The summed E-state index contributed by atoms with van der Waals surface area (Å²) in [7, 11) is 0. The second-order valence-corrected chi connectivity index (χ2v) is 3.15. The lowest BCUT2D eigenvalue weighted by Crippen LogP contribution is -1.95. The molecule has 0 saturated heterocycles. The highest BCUT2D eigenvalue weighted by atomic mass is 35.5. The molecule has 0 spiro atoms. The summed E-state index contributed by atoms with van der Waals surface area (Å²) in [6.07, 6.45) is 1.56. The van der Waals surface area contributed by atoms with E-state index in [2.05, 4.69) is 15.0 Å². The van der Waals surface area contributed by atoms with E-state index >= 15 is 0 Å². The number of rotatable bonds is 1. The molecule has 0 radical (unpaired) electrons. The van der Waals surface area contributed by atoms with Gasteiger partial charge in [-0.2, -0.15) is 4.98 Å². The van der Waals surface area contributed by atoms with Crippen LogP contribution in [0.1, 0.15) is 6.92 Å². The van der Waals surface area contributed by atoms with Gasteiger partial charge in [0.05, 0.1) is 6.20 Å². The van der Waals surface area contributed by atoms with Crippen LogP contribution in [0, 0.1) is 0 Å². The molecule has 0 bridgehead atoms. The summed E-state index contributed by atoms with van der Waals surface area (Å²) in [4.78, 5) is 11.9. The zero-order valence-electron chi connectivity index (χ0n) is 6.83. The van der Waals surface area contributed by atoms with E-state index in [1.165, 1.54) is 0 Å². The predicted octanol–water partition coefficient (Wildman–Crippen LogP) is 2.15. The Bertz CT molecular complexity index is 451. The molecular weight excluding hydrogens is 211 g/mol. The minimum absolute atomic E-state index is 0.207. The van der Waals surface area contributed by atoms with Gasteiger partial charge in [0.1, 0.15) is 5.52 Å². The second-order valence-electron chi connectivity index (χ2n) is 2.47. The third kappa shape index (κ3) is 1.36. The third-order valence-corrected chi connectivity index (χ3v) is 2.20. The van der Waals surface area contributed by atoms with Crippen molar-refractivity contribution in [2.24, 2.45) is 0 Å². The average Bonchev–Trinajstić information content (AvgIpc) is 2.40. The van der Waals surface area contributed by atoms with Gasteiger partial charge in [0.25, 0.3) is 0 Å². The second kappa shape index (κ2) is 3.12. The van der Waals surface area contributed by atoms with Gasteiger partial charge >= 0.3 is 0 Å². The van der Waals surface area contributed by atoms with Crippen LogP contribution in [-0.4, -0.2) is 19.5 Å². The van der Waals surface area contributed by atoms with E-state index in [9.17, 15) is 0 Å². The van der Waals surface area contributed by atoms with Crippen molar-refractivity contribution in [3.05, 3.63) is 16.8 Å². The largest absolute Gasteiger partial charge is 0.299 e. The van der Waals surface area contributed by atoms with Crippen molar-refractivity contribution < 1.29 is 0 Å². The molecule has 0 amide bonds. The lowest BCUT2D eigenvalue weighted by atomic mass is 10.5. The predicted molar refractivity (Wildman–Crippen MR) is 51.0 cm³/mol. The highest BCUT2D eigenvalue weighted by Gasteiger charge is 2.09. The van der Waals surface area contributed by atoms with Gasteiger partial charge in [-0.05, 0) is 30.1 Å². The number of hydrogen-bond acceptors (Lipinski definition) is 3. The topological polar surface area (TPSA) is 43.6 Å². The summed E-state index contributed by atoms with van der Waals surface area (Å²) in [5.74, 6) is 0. The third-order valence-electron chi connectivity index (χ3n) is 1.73. The monoisotopic (exact) mass is 216 g/mol. The van der Waals surface area contributed by atoms with Gasteiger partial charge in [-0.25, -0.2) is 9.97 Å². The quantitative estimate of drug-likeness (QED) is 0.543. The van der Waals surface area contributed by atoms with E-state index in [1.807, 2.05) is 6.92 Å². The van der Waals surface area contributed by atoms with E-state index in [4.69, 9.17) is 23.2 Å². The minimum Gasteiger partial charge on any atom is -0.299 e. The highest BCUT2D eigenvalue weighted by molar-refractivity contribution is 6.29. The zero-order valence-corrected chi connectivity index (χ0v) is 8.34. The fourth-order valence-corrected chi connectivity index (χ4v) is 1.57. The molecule has 0 N–H and O–H groups in total. The first-order valence-electron chi connectivity index (χ1n) is 3.76. The van der Waals surface area contributed by atoms with Crippen molar-refractivity contribution in [3.8, 4) is 0 Å². The number of hydrogen-bond donors (Lipinski definition) is 0. The molecule has 0 unspecified atom stereocenters. The van der Waals surface area contributed by atoms with Gasteiger partial charge in [0.15, 0.2) is 5.65 Å². The number of halogens is 2. The molecule has 0 atom stereocenters. The van der Waals surface area contributed by atoms with E-state index in [0.717, 1.165) is 0 Å². The summed E-state index contributed by atoms with van der Waals surface area (Å²) in [5.41, 5.74) is 1.34. The molecule has 2 aromatic rings. The van der Waals surface area contributed by atoms with Crippen molar-refractivity contribution >= 4 is 34.4 Å². The van der Waals surface area contributed by atoms with E-state index in [1.54, 1.807) is 10.8 Å². The molecule has 6 heteroatoms. The van der Waals surface area contributed by atoms with E-state index in [0.29, 0.717) is 23.0 Å². The molecule has 0 aromatic carbocycles. The van der Waals surface area contributed by atoms with Crippen LogP contribution >= 0.6 is 23.2 Å². The van der Waals surface area contributed by atoms with Crippen LogP contribution in [0.15, 0.2) is 6.20 Å². The van der Waals surface area contributed by atoms with Crippen LogP contribution in [-0.2, 0) is 6.54 Å². The maximum absolute atomic E-state index is 5.86. The molecule has 4 nitrogen and oxygen atoms in total. The van der Waals surface area contributed by atoms with E-state index in [-0.39, 0.29) is 5.28 Å². The minimum atomic E-state index is 0.207. The SMILES string of the molecule is CCn1c(Cl)nc2cnc(Cl)nc21. The summed E-state index contributed by atoms with van der Waals surface area (Å²) < 4.78 is 1.77. The average molecular weight is 217 g/mol. The summed E-state index contributed by atoms with van der Waals surface area (Å²) in [6, 6.07) is 0. The number of imidazole rings is 1. The number of fused-ring (bicyclic) bond motifs is 1. The molecule has 2 heterocycles. The summed E-state index contributed by atoms with van der Waals surface area (Å²) >= 11 is 11.5. The molecule has 0 aliphatic rings. The van der Waals surface area contributed by atoms with Gasteiger partial charge < -0.3 is 0 Å². The van der Waals surface area contributed by atoms with Crippen molar-refractivity contribution in [1.82, 2.24) is 19.5 Å². The van der Waals surface area contributed by atoms with Crippen LogP contribution in [0.3, 0.4) is 0 Å². The first-order valence-corrected chi connectivity index (χ1v) is 4.52. The van der Waals surface area contributed by atoms with Gasteiger partial charge in [0, 0.05) is 6.54 Å². The van der Waals surface area contributed by atoms with Gasteiger partial charge in [0.2, 0.25) is 10.6 Å². The van der Waals surface area contributed by atoms with Crippen LogP contribution in [0.25, 0.3) is 11.2 Å². The Hall–Kier alpha value is -0.870. The maximum atomic E-state index is 5.86. The van der Waals surface area contributed by atoms with Crippen LogP contribution < -0.4 is 0 Å². The van der Waals surface area contributed by atoms with Crippen LogP contribution in [0.2, 0.25) is 10.6 Å². The highest BCUT2D eigenvalue weighted by Crippen LogP contribution is 2.17. The van der Waals surface area contributed by atoms with Crippen LogP contribution in [0.4, 0.5) is 0 Å². The Morgan fingerprint density at radius 2 is 2.15 bits per heavy atom. The summed E-state index contributed by atoms with van der Waals surface area (Å²) in [5, 5.41) is 0.618. The molecule has 0 aliphatic carbocycles. The fourth-order valence-electron chi connectivity index (χ4n) is 1.15. The normalized spacial score (nSPS) is 11.0. The number of nitrogens with zero attached hydrogens (tertiary/aromatic N) is 4. The lowest BCUT2D eigenvalue weighted by Gasteiger charge is -1.98. The van der Waals surface area contributed by atoms with Crippen molar-refractivity contribution in [2.45, 2.75) is 13.5 Å². The Balaban J connectivity index is 2.80. The summed E-state index contributed by atoms with van der Waals surface area (Å²) in [6.45, 7) is 2.67.